The van der Waals surface area contributed by atoms with Gasteiger partial charge in [-0.3, -0.25) is 10.1 Å². The number of rotatable bonds is 8. The highest BCUT2D eigenvalue weighted by Gasteiger charge is 2.20. The van der Waals surface area contributed by atoms with E-state index in [-0.39, 0.29) is 6.04 Å². The predicted octanol–water partition coefficient (Wildman–Crippen LogP) is 2.27. The summed E-state index contributed by atoms with van der Waals surface area (Å²) in [6.45, 7) is 6.36. The van der Waals surface area contributed by atoms with Gasteiger partial charge >= 0.3 is 12.0 Å². The Labute approximate surface area is 158 Å². The van der Waals surface area contributed by atoms with E-state index in [1.54, 1.807) is 26.0 Å². The maximum absolute atomic E-state index is 11.9. The van der Waals surface area contributed by atoms with Crippen LogP contribution in [0.2, 0.25) is 0 Å². The van der Waals surface area contributed by atoms with Gasteiger partial charge in [-0.1, -0.05) is 18.2 Å². The number of carbonyl (C=O) groups excluding carboxylic acids is 3. The Bertz CT molecular complexity index is 699. The number of urea groups is 1. The van der Waals surface area contributed by atoms with E-state index in [2.05, 4.69) is 10.6 Å². The molecule has 0 aliphatic heterocycles. The SMILES string of the molecule is C/C=C/c1ccc(OCC(=O)O[C@H](C)C(=O)NC(=O)NC(C)C)c(OC)c1. The van der Waals surface area contributed by atoms with Crippen LogP contribution in [0.5, 0.6) is 11.5 Å². The minimum absolute atomic E-state index is 0.127. The van der Waals surface area contributed by atoms with Crippen LogP contribution in [0.25, 0.3) is 6.08 Å². The maximum atomic E-state index is 11.9. The summed E-state index contributed by atoms with van der Waals surface area (Å²) < 4.78 is 15.6. The molecular formula is C19H26N2O6. The van der Waals surface area contributed by atoms with E-state index >= 15 is 0 Å². The van der Waals surface area contributed by atoms with Crippen LogP contribution in [0.15, 0.2) is 24.3 Å². The van der Waals surface area contributed by atoms with Crippen molar-refractivity contribution in [1.82, 2.24) is 10.6 Å². The molecule has 2 N–H and O–H groups in total. The van der Waals surface area contributed by atoms with Gasteiger partial charge in [-0.2, -0.15) is 0 Å². The zero-order valence-corrected chi connectivity index (χ0v) is 16.2. The molecule has 0 saturated carbocycles. The number of esters is 1. The van der Waals surface area contributed by atoms with Gasteiger partial charge in [-0.05, 0) is 45.4 Å². The molecule has 1 aromatic carbocycles. The second kappa shape index (κ2) is 10.8. The van der Waals surface area contributed by atoms with Crippen molar-refractivity contribution in [1.29, 1.82) is 0 Å². The molecule has 1 rings (SSSR count). The average Bonchev–Trinajstić information content (AvgIpc) is 2.59. The number of allylic oxidation sites excluding steroid dienone is 1. The topological polar surface area (TPSA) is 103 Å². The summed E-state index contributed by atoms with van der Waals surface area (Å²) in [5, 5.41) is 4.59. The third-order valence-corrected chi connectivity index (χ3v) is 3.23. The molecule has 0 radical (unpaired) electrons. The Balaban J connectivity index is 2.55. The van der Waals surface area contributed by atoms with E-state index in [4.69, 9.17) is 14.2 Å². The largest absolute Gasteiger partial charge is 0.493 e. The molecule has 0 heterocycles. The van der Waals surface area contributed by atoms with Crippen molar-refractivity contribution in [3.8, 4) is 11.5 Å². The second-order valence-electron chi connectivity index (χ2n) is 5.95. The van der Waals surface area contributed by atoms with E-state index in [0.717, 1.165) is 5.56 Å². The molecule has 0 unspecified atom stereocenters. The first-order valence-corrected chi connectivity index (χ1v) is 8.51. The number of imide groups is 1. The van der Waals surface area contributed by atoms with Gasteiger partial charge in [0, 0.05) is 6.04 Å². The monoisotopic (exact) mass is 378 g/mol. The molecule has 3 amide bonds. The average molecular weight is 378 g/mol. The quantitative estimate of drug-likeness (QED) is 0.673. The van der Waals surface area contributed by atoms with Crippen LogP contribution in [0.1, 0.15) is 33.3 Å². The fourth-order valence-corrected chi connectivity index (χ4v) is 2.03. The Morgan fingerprint density at radius 1 is 1.15 bits per heavy atom. The van der Waals surface area contributed by atoms with Crippen LogP contribution in [0.3, 0.4) is 0 Å². The molecule has 0 saturated heterocycles. The molecule has 1 aromatic rings. The zero-order valence-electron chi connectivity index (χ0n) is 16.2. The molecule has 0 aliphatic carbocycles. The number of benzene rings is 1. The Kier molecular flexibility index (Phi) is 8.84. The first-order chi connectivity index (χ1) is 12.8. The number of amides is 3. The molecular weight excluding hydrogens is 352 g/mol. The Hall–Kier alpha value is -3.03. The maximum Gasteiger partial charge on any atom is 0.344 e. The number of hydrogen-bond acceptors (Lipinski definition) is 6. The molecule has 0 aliphatic rings. The minimum atomic E-state index is -1.14. The highest BCUT2D eigenvalue weighted by molar-refractivity contribution is 5.97. The zero-order chi connectivity index (χ0) is 20.4. The number of hydrogen-bond donors (Lipinski definition) is 2. The molecule has 27 heavy (non-hydrogen) atoms. The third kappa shape index (κ3) is 7.81. The van der Waals surface area contributed by atoms with Crippen LogP contribution >= 0.6 is 0 Å². The summed E-state index contributed by atoms with van der Waals surface area (Å²) in [7, 11) is 1.49. The van der Waals surface area contributed by atoms with Crippen molar-refractivity contribution in [2.75, 3.05) is 13.7 Å². The van der Waals surface area contributed by atoms with Crippen LogP contribution in [-0.4, -0.2) is 43.8 Å². The van der Waals surface area contributed by atoms with Crippen molar-refractivity contribution in [3.63, 3.8) is 0 Å². The molecule has 8 nitrogen and oxygen atoms in total. The lowest BCUT2D eigenvalue weighted by Gasteiger charge is -2.15. The van der Waals surface area contributed by atoms with Gasteiger partial charge < -0.3 is 19.5 Å². The van der Waals surface area contributed by atoms with Crippen LogP contribution in [0.4, 0.5) is 4.79 Å². The van der Waals surface area contributed by atoms with E-state index in [0.29, 0.717) is 11.5 Å². The van der Waals surface area contributed by atoms with Gasteiger partial charge in [0.1, 0.15) is 0 Å². The molecule has 0 spiro atoms. The smallest absolute Gasteiger partial charge is 0.344 e. The number of methoxy groups -OCH3 is 1. The molecule has 0 aromatic heterocycles. The van der Waals surface area contributed by atoms with Crippen molar-refractivity contribution in [3.05, 3.63) is 29.8 Å². The van der Waals surface area contributed by atoms with Crippen molar-refractivity contribution in [2.24, 2.45) is 0 Å². The normalized spacial score (nSPS) is 11.8. The summed E-state index contributed by atoms with van der Waals surface area (Å²) in [6.07, 6.45) is 2.65. The van der Waals surface area contributed by atoms with Crippen molar-refractivity contribution in [2.45, 2.75) is 39.8 Å². The fourth-order valence-electron chi connectivity index (χ4n) is 2.03. The van der Waals surface area contributed by atoms with Gasteiger partial charge in [-0.25, -0.2) is 9.59 Å². The van der Waals surface area contributed by atoms with Gasteiger partial charge in [0.2, 0.25) is 0 Å². The van der Waals surface area contributed by atoms with Crippen molar-refractivity contribution >= 4 is 24.0 Å². The third-order valence-electron chi connectivity index (χ3n) is 3.23. The summed E-state index contributed by atoms with van der Waals surface area (Å²) in [6, 6.07) is 4.48. The van der Waals surface area contributed by atoms with Crippen LogP contribution in [-0.2, 0) is 14.3 Å². The molecule has 148 valence electrons. The Morgan fingerprint density at radius 2 is 1.85 bits per heavy atom. The molecule has 0 fully saturated rings. The van der Waals surface area contributed by atoms with Gasteiger partial charge in [0.25, 0.3) is 5.91 Å². The highest BCUT2D eigenvalue weighted by Crippen LogP contribution is 2.28. The van der Waals surface area contributed by atoms with Gasteiger partial charge in [-0.15, -0.1) is 0 Å². The molecule has 1 atom stereocenters. The lowest BCUT2D eigenvalue weighted by Crippen LogP contribution is -2.46. The number of carbonyl (C=O) groups is 3. The Morgan fingerprint density at radius 3 is 2.44 bits per heavy atom. The highest BCUT2D eigenvalue weighted by atomic mass is 16.6. The standard InChI is InChI=1S/C19H26N2O6/c1-6-7-14-8-9-15(16(10-14)25-5)26-11-17(22)27-13(4)18(23)21-19(24)20-12(2)3/h6-10,12-13H,11H2,1-5H3,(H2,20,21,23,24)/b7-6+/t13-/m1/s1. The molecule has 8 heteroatoms. The van der Waals surface area contributed by atoms with Crippen LogP contribution < -0.4 is 20.1 Å². The van der Waals surface area contributed by atoms with E-state index < -0.39 is 30.6 Å². The summed E-state index contributed by atoms with van der Waals surface area (Å²) >= 11 is 0. The van der Waals surface area contributed by atoms with E-state index in [9.17, 15) is 14.4 Å². The van der Waals surface area contributed by atoms with Crippen molar-refractivity contribution < 1.29 is 28.6 Å². The summed E-state index contributed by atoms with van der Waals surface area (Å²) in [4.78, 5) is 35.2. The van der Waals surface area contributed by atoms with Crippen LogP contribution in [0, 0.1) is 0 Å². The summed E-state index contributed by atoms with van der Waals surface area (Å²) in [5.41, 5.74) is 0.925. The second-order valence-corrected chi connectivity index (χ2v) is 5.95. The van der Waals surface area contributed by atoms with E-state index in [1.165, 1.54) is 14.0 Å². The minimum Gasteiger partial charge on any atom is -0.493 e. The number of ether oxygens (including phenoxy) is 3. The molecule has 0 bridgehead atoms. The predicted molar refractivity (Wildman–Crippen MR) is 101 cm³/mol. The lowest BCUT2D eigenvalue weighted by atomic mass is 10.2. The van der Waals surface area contributed by atoms with Gasteiger partial charge in [0.15, 0.2) is 24.2 Å². The number of nitrogens with one attached hydrogen (secondary N) is 2. The fraction of sp³-hybridized carbons (Fsp3) is 0.421. The first-order valence-electron chi connectivity index (χ1n) is 8.51. The van der Waals surface area contributed by atoms with Gasteiger partial charge in [0.05, 0.1) is 7.11 Å². The lowest BCUT2D eigenvalue weighted by molar-refractivity contribution is -0.156. The van der Waals surface area contributed by atoms with E-state index in [1.807, 2.05) is 25.1 Å². The summed E-state index contributed by atoms with van der Waals surface area (Å²) in [5.74, 6) is -0.637. The first kappa shape index (κ1) is 22.0.